The third-order valence-corrected chi connectivity index (χ3v) is 4.83. The van der Waals surface area contributed by atoms with Crippen LogP contribution in [0.4, 0.5) is 17.1 Å². The number of aliphatic hydroxyl groups excluding tert-OH is 4. The van der Waals surface area contributed by atoms with E-state index in [2.05, 4.69) is 0 Å². The molecule has 0 aliphatic rings. The van der Waals surface area contributed by atoms with Crippen LogP contribution in [-0.2, 0) is 0 Å². The fourth-order valence-electron chi connectivity index (χ4n) is 3.05. The first kappa shape index (κ1) is 24.3. The molecule has 0 radical (unpaired) electrons. The number of anilines is 3. The lowest BCUT2D eigenvalue weighted by Crippen LogP contribution is -2.21. The summed E-state index contributed by atoms with van der Waals surface area (Å²) in [7, 11) is 1.62. The van der Waals surface area contributed by atoms with Crippen molar-refractivity contribution in [1.82, 2.24) is 0 Å². The average molecular weight is 456 g/mol. The standard InChI is InChI=1S/C25H29NO7/c1-31-23-8-2-18(3-9-23)26(19-4-10-24(11-5-19)32-16-21(29)14-27)20-6-12-25(13-7-20)33-17-22(30)15-28/h2-13,21-22,27-30H,14-17H2,1H3. The van der Waals surface area contributed by atoms with Crippen molar-refractivity contribution >= 4 is 17.1 Å². The normalized spacial score (nSPS) is 12.6. The Kier molecular flexibility index (Phi) is 8.91. The first-order valence-corrected chi connectivity index (χ1v) is 10.5. The third kappa shape index (κ3) is 6.84. The topological polar surface area (TPSA) is 112 Å². The Morgan fingerprint density at radius 3 is 1.24 bits per heavy atom. The van der Waals surface area contributed by atoms with E-state index in [1.165, 1.54) is 0 Å². The summed E-state index contributed by atoms with van der Waals surface area (Å²) >= 11 is 0. The van der Waals surface area contributed by atoms with Gasteiger partial charge in [0.1, 0.15) is 42.7 Å². The lowest BCUT2D eigenvalue weighted by Gasteiger charge is -2.26. The molecule has 0 aromatic heterocycles. The van der Waals surface area contributed by atoms with Crippen LogP contribution >= 0.6 is 0 Å². The first-order chi connectivity index (χ1) is 16.0. The molecular formula is C25H29NO7. The van der Waals surface area contributed by atoms with E-state index < -0.39 is 12.2 Å². The van der Waals surface area contributed by atoms with E-state index in [0.717, 1.165) is 22.8 Å². The number of nitrogens with zero attached hydrogens (tertiary/aromatic N) is 1. The van der Waals surface area contributed by atoms with Crippen molar-refractivity contribution in [1.29, 1.82) is 0 Å². The third-order valence-electron chi connectivity index (χ3n) is 4.83. The minimum Gasteiger partial charge on any atom is -0.497 e. The number of benzene rings is 3. The van der Waals surface area contributed by atoms with Crippen molar-refractivity contribution in [3.63, 3.8) is 0 Å². The maximum atomic E-state index is 9.48. The van der Waals surface area contributed by atoms with Crippen molar-refractivity contribution in [2.75, 3.05) is 38.4 Å². The van der Waals surface area contributed by atoms with Crippen molar-refractivity contribution in [2.24, 2.45) is 0 Å². The summed E-state index contributed by atoms with van der Waals surface area (Å²) in [6.45, 7) is -0.709. The predicted octanol–water partition coefficient (Wildman–Crippen LogP) is 2.63. The van der Waals surface area contributed by atoms with E-state index in [1.54, 1.807) is 31.4 Å². The van der Waals surface area contributed by atoms with Crippen LogP contribution in [0.15, 0.2) is 72.8 Å². The number of methoxy groups -OCH3 is 1. The Morgan fingerprint density at radius 1 is 0.606 bits per heavy atom. The summed E-state index contributed by atoms with van der Waals surface area (Å²) in [5.41, 5.74) is 2.66. The highest BCUT2D eigenvalue weighted by Gasteiger charge is 2.14. The molecular weight excluding hydrogens is 426 g/mol. The molecule has 8 nitrogen and oxygen atoms in total. The highest BCUT2D eigenvalue weighted by atomic mass is 16.5. The highest BCUT2D eigenvalue weighted by molar-refractivity contribution is 5.77. The van der Waals surface area contributed by atoms with Gasteiger partial charge in [-0.1, -0.05) is 0 Å². The van der Waals surface area contributed by atoms with Crippen LogP contribution in [0.25, 0.3) is 0 Å². The van der Waals surface area contributed by atoms with Gasteiger partial charge in [0.2, 0.25) is 0 Å². The first-order valence-electron chi connectivity index (χ1n) is 10.5. The highest BCUT2D eigenvalue weighted by Crippen LogP contribution is 2.36. The zero-order chi connectivity index (χ0) is 23.6. The van der Waals surface area contributed by atoms with Gasteiger partial charge in [0.25, 0.3) is 0 Å². The maximum Gasteiger partial charge on any atom is 0.119 e. The van der Waals surface area contributed by atoms with Gasteiger partial charge < -0.3 is 39.5 Å². The molecule has 0 amide bonds. The van der Waals surface area contributed by atoms with Crippen molar-refractivity contribution < 1.29 is 34.6 Å². The summed E-state index contributed by atoms with van der Waals surface area (Å²) in [6.07, 6.45) is -1.86. The summed E-state index contributed by atoms with van der Waals surface area (Å²) < 4.78 is 16.3. The van der Waals surface area contributed by atoms with E-state index in [-0.39, 0.29) is 26.4 Å². The van der Waals surface area contributed by atoms with Crippen LogP contribution in [0, 0.1) is 0 Å². The Labute approximate surface area is 192 Å². The van der Waals surface area contributed by atoms with Gasteiger partial charge in [0.15, 0.2) is 0 Å². The molecule has 33 heavy (non-hydrogen) atoms. The number of aliphatic hydroxyl groups is 4. The number of hydrogen-bond donors (Lipinski definition) is 4. The second-order valence-corrected chi connectivity index (χ2v) is 7.32. The van der Waals surface area contributed by atoms with Gasteiger partial charge in [-0.15, -0.1) is 0 Å². The minimum absolute atomic E-state index is 0.00445. The van der Waals surface area contributed by atoms with Gasteiger partial charge in [-0.25, -0.2) is 0 Å². The number of rotatable bonds is 12. The number of ether oxygens (including phenoxy) is 3. The van der Waals surface area contributed by atoms with Gasteiger partial charge in [0, 0.05) is 17.1 Å². The van der Waals surface area contributed by atoms with Crippen molar-refractivity contribution in [3.05, 3.63) is 72.8 Å². The predicted molar refractivity (Wildman–Crippen MR) is 125 cm³/mol. The molecule has 8 heteroatoms. The zero-order valence-electron chi connectivity index (χ0n) is 18.4. The van der Waals surface area contributed by atoms with E-state index in [4.69, 9.17) is 24.4 Å². The molecule has 0 aliphatic carbocycles. The molecule has 0 spiro atoms. The summed E-state index contributed by atoms with van der Waals surface area (Å²) in [5.74, 6) is 1.90. The van der Waals surface area contributed by atoms with E-state index in [9.17, 15) is 10.2 Å². The fourth-order valence-corrected chi connectivity index (χ4v) is 3.05. The average Bonchev–Trinajstić information content (AvgIpc) is 2.87. The molecule has 0 saturated carbocycles. The smallest absolute Gasteiger partial charge is 0.119 e. The second-order valence-electron chi connectivity index (χ2n) is 7.32. The van der Waals surface area contributed by atoms with Gasteiger partial charge >= 0.3 is 0 Å². The fraction of sp³-hybridized carbons (Fsp3) is 0.280. The van der Waals surface area contributed by atoms with Crippen LogP contribution in [0.3, 0.4) is 0 Å². The van der Waals surface area contributed by atoms with Crippen LogP contribution in [0.5, 0.6) is 17.2 Å². The largest absolute Gasteiger partial charge is 0.497 e. The van der Waals surface area contributed by atoms with E-state index in [1.807, 2.05) is 53.4 Å². The molecule has 0 aliphatic heterocycles. The summed E-state index contributed by atoms with van der Waals surface area (Å²) in [4.78, 5) is 2.04. The van der Waals surface area contributed by atoms with Crippen LogP contribution in [0.2, 0.25) is 0 Å². The molecule has 3 aromatic carbocycles. The number of hydrogen-bond acceptors (Lipinski definition) is 8. The zero-order valence-corrected chi connectivity index (χ0v) is 18.4. The SMILES string of the molecule is COc1ccc(N(c2ccc(OCC(O)CO)cc2)c2ccc(OCC(O)CO)cc2)cc1. The van der Waals surface area contributed by atoms with Gasteiger partial charge in [-0.3, -0.25) is 0 Å². The van der Waals surface area contributed by atoms with E-state index >= 15 is 0 Å². The molecule has 0 fully saturated rings. The molecule has 0 heterocycles. The van der Waals surface area contributed by atoms with Gasteiger partial charge in [0.05, 0.1) is 20.3 Å². The molecule has 0 saturated heterocycles. The monoisotopic (exact) mass is 455 g/mol. The molecule has 3 rings (SSSR count). The Hall–Kier alpha value is -3.30. The molecule has 4 N–H and O–H groups in total. The lowest BCUT2D eigenvalue weighted by atomic mass is 10.2. The second kappa shape index (κ2) is 12.1. The molecule has 176 valence electrons. The van der Waals surface area contributed by atoms with E-state index in [0.29, 0.717) is 11.5 Å². The Bertz CT molecular complexity index is 904. The summed E-state index contributed by atoms with van der Waals surface area (Å²) in [5, 5.41) is 36.8. The molecule has 2 unspecified atom stereocenters. The summed E-state index contributed by atoms with van der Waals surface area (Å²) in [6, 6.07) is 22.4. The van der Waals surface area contributed by atoms with Gasteiger partial charge in [-0.2, -0.15) is 0 Å². The van der Waals surface area contributed by atoms with Gasteiger partial charge in [-0.05, 0) is 72.8 Å². The van der Waals surface area contributed by atoms with Crippen LogP contribution in [0.1, 0.15) is 0 Å². The molecule has 2 atom stereocenters. The van der Waals surface area contributed by atoms with Crippen molar-refractivity contribution in [2.45, 2.75) is 12.2 Å². The molecule has 0 bridgehead atoms. The quantitative estimate of drug-likeness (QED) is 0.330. The maximum absolute atomic E-state index is 9.48. The van der Waals surface area contributed by atoms with Crippen LogP contribution < -0.4 is 19.1 Å². The van der Waals surface area contributed by atoms with Crippen LogP contribution in [-0.4, -0.2) is 66.2 Å². The Morgan fingerprint density at radius 2 is 0.939 bits per heavy atom. The van der Waals surface area contributed by atoms with Crippen molar-refractivity contribution in [3.8, 4) is 17.2 Å². The Balaban J connectivity index is 1.85. The minimum atomic E-state index is -0.931. The lowest BCUT2D eigenvalue weighted by molar-refractivity contribution is 0.0536. The molecule has 3 aromatic rings.